The molecule has 172 valence electrons. The molecule has 11 heteroatoms. The van der Waals surface area contributed by atoms with Gasteiger partial charge in [0.2, 0.25) is 5.91 Å². The quantitative estimate of drug-likeness (QED) is 0.550. The van der Waals surface area contributed by atoms with E-state index in [-0.39, 0.29) is 29.4 Å². The van der Waals surface area contributed by atoms with Crippen molar-refractivity contribution in [2.45, 2.75) is 13.5 Å². The molecule has 0 saturated carbocycles. The number of carbonyl (C=O) groups excluding carboxylic acids is 3. The number of nitrogens with zero attached hydrogens (tertiary/aromatic N) is 4. The molecule has 8 nitrogen and oxygen atoms in total. The molecule has 0 N–H and O–H groups in total. The molecule has 1 aliphatic heterocycles. The molecule has 32 heavy (non-hydrogen) atoms. The number of benzene rings is 1. The molecule has 0 spiro atoms. The minimum absolute atomic E-state index is 0.0514. The van der Waals surface area contributed by atoms with Crippen LogP contribution < -0.4 is 4.80 Å². The summed E-state index contributed by atoms with van der Waals surface area (Å²) >= 11 is 8.71. The molecule has 3 rings (SSSR count). The molecule has 1 aromatic carbocycles. The number of amides is 3. The van der Waals surface area contributed by atoms with E-state index in [9.17, 15) is 14.4 Å². The van der Waals surface area contributed by atoms with E-state index in [1.807, 2.05) is 16.7 Å². The van der Waals surface area contributed by atoms with Gasteiger partial charge in [-0.2, -0.15) is 4.99 Å². The molecule has 0 bridgehead atoms. The molecule has 1 aliphatic rings. The lowest BCUT2D eigenvalue weighted by molar-refractivity contribution is -0.129. The number of halogens is 1. The summed E-state index contributed by atoms with van der Waals surface area (Å²) in [6, 6.07) is 5.55. The molecule has 1 saturated heterocycles. The molecule has 0 radical (unpaired) electrons. The van der Waals surface area contributed by atoms with Gasteiger partial charge in [-0.15, -0.1) is 18.3 Å². The maximum absolute atomic E-state index is 12.4. The number of aromatic nitrogens is 1. The first-order valence-corrected chi connectivity index (χ1v) is 12.5. The number of allylic oxidation sites excluding steroid dienone is 1. The molecule has 2 heterocycles. The maximum Gasteiger partial charge on any atom is 0.409 e. The van der Waals surface area contributed by atoms with Crippen molar-refractivity contribution in [3.05, 3.63) is 40.7 Å². The minimum Gasteiger partial charge on any atom is -0.450 e. The molecular weight excluding hydrogens is 472 g/mol. The zero-order valence-corrected chi connectivity index (χ0v) is 20.2. The fourth-order valence-electron chi connectivity index (χ4n) is 3.25. The fourth-order valence-corrected chi connectivity index (χ4v) is 5.28. The lowest BCUT2D eigenvalue weighted by Gasteiger charge is -2.34. The summed E-state index contributed by atoms with van der Waals surface area (Å²) in [5.74, 6) is -0.0533. The van der Waals surface area contributed by atoms with Crippen LogP contribution in [0.3, 0.4) is 0 Å². The summed E-state index contributed by atoms with van der Waals surface area (Å²) in [5.41, 5.74) is 0.940. The van der Waals surface area contributed by atoms with Crippen LogP contribution in [0.25, 0.3) is 10.2 Å². The fraction of sp³-hybridized carbons (Fsp3) is 0.429. The average molecular weight is 497 g/mol. The molecule has 1 fully saturated rings. The highest BCUT2D eigenvalue weighted by molar-refractivity contribution is 8.00. The first kappa shape index (κ1) is 24.3. The number of hydrogen-bond acceptors (Lipinski definition) is 6. The van der Waals surface area contributed by atoms with E-state index in [0.29, 0.717) is 49.2 Å². The third-order valence-corrected chi connectivity index (χ3v) is 6.96. The first-order valence-electron chi connectivity index (χ1n) is 10.2. The van der Waals surface area contributed by atoms with Gasteiger partial charge in [0.05, 0.1) is 28.3 Å². The van der Waals surface area contributed by atoms with Crippen LogP contribution in [0.2, 0.25) is 5.02 Å². The standard InChI is InChI=1S/C21H25ClN4O4S2/c1-3-7-26-16-6-5-15(22)12-17(16)32-20(26)23-18(27)13-31-14-19(28)24-8-10-25(11-9-24)21(29)30-4-2/h3,5-6,12H,1,4,7-11,13-14H2,2H3. The minimum atomic E-state index is -0.349. The Morgan fingerprint density at radius 1 is 1.22 bits per heavy atom. The third kappa shape index (κ3) is 6.14. The number of rotatable bonds is 7. The second-order valence-electron chi connectivity index (χ2n) is 6.96. The number of ether oxygens (including phenoxy) is 1. The number of thiazole rings is 1. The molecule has 3 amide bonds. The van der Waals surface area contributed by atoms with Gasteiger partial charge in [-0.05, 0) is 25.1 Å². The summed E-state index contributed by atoms with van der Waals surface area (Å²) in [4.78, 5) is 44.7. The zero-order valence-electron chi connectivity index (χ0n) is 17.8. The van der Waals surface area contributed by atoms with Crippen LogP contribution in [0.5, 0.6) is 0 Å². The van der Waals surface area contributed by atoms with Crippen LogP contribution in [0.1, 0.15) is 6.92 Å². The number of thioether (sulfide) groups is 1. The Hall–Kier alpha value is -2.30. The Kier molecular flexibility index (Phi) is 8.77. The van der Waals surface area contributed by atoms with E-state index >= 15 is 0 Å². The summed E-state index contributed by atoms with van der Waals surface area (Å²) < 4.78 is 7.84. The second-order valence-corrected chi connectivity index (χ2v) is 9.39. The van der Waals surface area contributed by atoms with Gasteiger partial charge in [0.25, 0.3) is 5.91 Å². The van der Waals surface area contributed by atoms with Crippen molar-refractivity contribution in [2.75, 3.05) is 44.3 Å². The second kappa shape index (κ2) is 11.5. The van der Waals surface area contributed by atoms with E-state index in [2.05, 4.69) is 11.6 Å². The Morgan fingerprint density at radius 3 is 2.62 bits per heavy atom. The lowest BCUT2D eigenvalue weighted by Crippen LogP contribution is -2.51. The predicted molar refractivity (Wildman–Crippen MR) is 128 cm³/mol. The maximum atomic E-state index is 12.4. The Morgan fingerprint density at radius 2 is 1.94 bits per heavy atom. The molecule has 0 unspecified atom stereocenters. The number of fused-ring (bicyclic) bond motifs is 1. The largest absolute Gasteiger partial charge is 0.450 e. The zero-order chi connectivity index (χ0) is 23.1. The van der Waals surface area contributed by atoms with Gasteiger partial charge in [-0.3, -0.25) is 9.59 Å². The van der Waals surface area contributed by atoms with Gasteiger partial charge < -0.3 is 19.1 Å². The highest BCUT2D eigenvalue weighted by atomic mass is 35.5. The normalized spacial score (nSPS) is 14.6. The molecule has 0 aliphatic carbocycles. The van der Waals surface area contributed by atoms with Crippen molar-refractivity contribution in [1.82, 2.24) is 14.4 Å². The highest BCUT2D eigenvalue weighted by Gasteiger charge is 2.24. The smallest absolute Gasteiger partial charge is 0.409 e. The Balaban J connectivity index is 1.54. The average Bonchev–Trinajstić information content (AvgIpc) is 3.10. The Bertz CT molecular complexity index is 1070. The van der Waals surface area contributed by atoms with E-state index in [0.717, 1.165) is 10.2 Å². The van der Waals surface area contributed by atoms with Gasteiger partial charge in [-0.1, -0.05) is 29.0 Å². The molecule has 0 atom stereocenters. The van der Waals surface area contributed by atoms with E-state index in [1.54, 1.807) is 28.9 Å². The van der Waals surface area contributed by atoms with Crippen LogP contribution in [0.15, 0.2) is 35.8 Å². The summed E-state index contributed by atoms with van der Waals surface area (Å²) in [6.45, 7) is 8.21. The van der Waals surface area contributed by atoms with Gasteiger partial charge in [-0.25, -0.2) is 4.79 Å². The van der Waals surface area contributed by atoms with Crippen molar-refractivity contribution < 1.29 is 19.1 Å². The van der Waals surface area contributed by atoms with Gasteiger partial charge >= 0.3 is 6.09 Å². The van der Waals surface area contributed by atoms with Crippen molar-refractivity contribution in [3.63, 3.8) is 0 Å². The molecular formula is C21H25ClN4O4S2. The highest BCUT2D eigenvalue weighted by Crippen LogP contribution is 2.22. The third-order valence-electron chi connectivity index (χ3n) is 4.79. The van der Waals surface area contributed by atoms with Gasteiger partial charge in [0.15, 0.2) is 4.80 Å². The summed E-state index contributed by atoms with van der Waals surface area (Å²) in [7, 11) is 0. The predicted octanol–water partition coefficient (Wildman–Crippen LogP) is 3.00. The van der Waals surface area contributed by atoms with Crippen LogP contribution in [-0.4, -0.2) is 76.6 Å². The van der Waals surface area contributed by atoms with Crippen molar-refractivity contribution >= 4 is 62.8 Å². The van der Waals surface area contributed by atoms with Crippen molar-refractivity contribution in [3.8, 4) is 0 Å². The topological polar surface area (TPSA) is 84.2 Å². The van der Waals surface area contributed by atoms with E-state index in [4.69, 9.17) is 16.3 Å². The van der Waals surface area contributed by atoms with Gasteiger partial charge in [0.1, 0.15) is 0 Å². The number of piperazine rings is 1. The van der Waals surface area contributed by atoms with Crippen molar-refractivity contribution in [1.29, 1.82) is 0 Å². The van der Waals surface area contributed by atoms with Crippen LogP contribution in [0.4, 0.5) is 4.79 Å². The van der Waals surface area contributed by atoms with Crippen LogP contribution in [0, 0.1) is 0 Å². The summed E-state index contributed by atoms with van der Waals surface area (Å²) in [5, 5.41) is 0.625. The molecule has 1 aromatic heterocycles. The molecule has 2 aromatic rings. The van der Waals surface area contributed by atoms with Crippen LogP contribution in [-0.2, 0) is 20.9 Å². The lowest BCUT2D eigenvalue weighted by atomic mass is 10.3. The van der Waals surface area contributed by atoms with Crippen molar-refractivity contribution in [2.24, 2.45) is 4.99 Å². The first-order chi connectivity index (χ1) is 15.4. The van der Waals surface area contributed by atoms with Crippen LogP contribution >= 0.6 is 34.7 Å². The van der Waals surface area contributed by atoms with Gasteiger partial charge in [0, 0.05) is 37.7 Å². The monoisotopic (exact) mass is 496 g/mol. The Labute approximate surface area is 199 Å². The summed E-state index contributed by atoms with van der Waals surface area (Å²) in [6.07, 6.45) is 1.40. The number of carbonyl (C=O) groups is 3. The number of hydrogen-bond donors (Lipinski definition) is 0. The van der Waals surface area contributed by atoms with E-state index in [1.165, 1.54) is 23.1 Å². The SMILES string of the molecule is C=CCn1c(=NC(=O)CSCC(=O)N2CCN(C(=O)OCC)CC2)sc2cc(Cl)ccc21. The van der Waals surface area contributed by atoms with E-state index < -0.39 is 0 Å².